The van der Waals surface area contributed by atoms with Crippen LogP contribution in [0.2, 0.25) is 0 Å². The second-order valence-corrected chi connectivity index (χ2v) is 4.15. The van der Waals surface area contributed by atoms with E-state index in [0.717, 1.165) is 5.01 Å². The number of hydrogen-bond donors (Lipinski definition) is 1. The van der Waals surface area contributed by atoms with Gasteiger partial charge in [0.05, 0.1) is 11.1 Å². The van der Waals surface area contributed by atoms with Crippen LogP contribution in [0.5, 0.6) is 0 Å². The van der Waals surface area contributed by atoms with Gasteiger partial charge >= 0.3 is 6.03 Å². The maximum Gasteiger partial charge on any atom is 0.344 e. The summed E-state index contributed by atoms with van der Waals surface area (Å²) in [4.78, 5) is 32.7. The van der Waals surface area contributed by atoms with Crippen LogP contribution >= 0.6 is 0 Å². The van der Waals surface area contributed by atoms with E-state index in [-0.39, 0.29) is 12.2 Å². The van der Waals surface area contributed by atoms with Gasteiger partial charge in [-0.25, -0.2) is 9.80 Å². The van der Waals surface area contributed by atoms with E-state index in [1.807, 2.05) is 6.92 Å². The molecule has 1 aromatic carbocycles. The van der Waals surface area contributed by atoms with Crippen LogP contribution in [0.15, 0.2) is 23.3 Å². The summed E-state index contributed by atoms with van der Waals surface area (Å²) in [5.74, 6) is -0.431. The second-order valence-electron chi connectivity index (χ2n) is 4.15. The summed E-state index contributed by atoms with van der Waals surface area (Å²) in [6, 6.07) is 4.10. The van der Waals surface area contributed by atoms with Crippen molar-refractivity contribution in [1.29, 1.82) is 0 Å². The first-order chi connectivity index (χ1) is 9.51. The molecular weight excluding hydrogens is 264 g/mol. The predicted molar refractivity (Wildman–Crippen MR) is 70.3 cm³/mol. The Labute approximate surface area is 114 Å². The lowest BCUT2D eigenvalue weighted by atomic mass is 10.1. The van der Waals surface area contributed by atoms with Crippen LogP contribution in [-0.4, -0.2) is 34.6 Å². The molecular formula is C12H12N4O4. The van der Waals surface area contributed by atoms with Gasteiger partial charge in [0.2, 0.25) is 5.91 Å². The van der Waals surface area contributed by atoms with Crippen LogP contribution in [-0.2, 0) is 11.2 Å². The van der Waals surface area contributed by atoms with E-state index in [1.165, 1.54) is 12.3 Å². The molecule has 0 aromatic heterocycles. The van der Waals surface area contributed by atoms with Crippen LogP contribution in [0.1, 0.15) is 18.1 Å². The van der Waals surface area contributed by atoms with Crippen LogP contribution in [0, 0.1) is 10.1 Å². The molecule has 0 saturated carbocycles. The molecule has 1 aromatic rings. The van der Waals surface area contributed by atoms with Gasteiger partial charge < -0.3 is 0 Å². The van der Waals surface area contributed by atoms with E-state index in [1.54, 1.807) is 12.1 Å². The molecule has 1 saturated heterocycles. The first-order valence-corrected chi connectivity index (χ1v) is 5.94. The molecule has 1 heterocycles. The summed E-state index contributed by atoms with van der Waals surface area (Å²) in [7, 11) is 0. The minimum absolute atomic E-state index is 0.0124. The standard InChI is InChI=1S/C12H12N4O4/c1-2-9-4-3-8(5-10(9)16(19)20)6-13-15-7-11(17)14-12(15)18/h3-6H,2,7H2,1H3,(H,14,17,18)/b13-6-. The summed E-state index contributed by atoms with van der Waals surface area (Å²) in [5, 5.41) is 17.8. The molecule has 1 aliphatic rings. The summed E-state index contributed by atoms with van der Waals surface area (Å²) in [6.07, 6.45) is 1.86. The first-order valence-electron chi connectivity index (χ1n) is 5.94. The summed E-state index contributed by atoms with van der Waals surface area (Å²) in [5.41, 5.74) is 1.13. The number of nitro groups is 1. The molecule has 8 heteroatoms. The molecule has 0 aliphatic carbocycles. The van der Waals surface area contributed by atoms with Gasteiger partial charge in [-0.15, -0.1) is 0 Å². The average molecular weight is 276 g/mol. The molecule has 0 spiro atoms. The number of nitrogens with zero attached hydrogens (tertiary/aromatic N) is 3. The number of hydrogen-bond acceptors (Lipinski definition) is 5. The van der Waals surface area contributed by atoms with Gasteiger partial charge in [-0.05, 0) is 6.42 Å². The number of imide groups is 1. The highest BCUT2D eigenvalue weighted by atomic mass is 16.6. The van der Waals surface area contributed by atoms with E-state index in [9.17, 15) is 19.7 Å². The van der Waals surface area contributed by atoms with Crippen molar-refractivity contribution < 1.29 is 14.5 Å². The second kappa shape index (κ2) is 5.47. The van der Waals surface area contributed by atoms with Crippen molar-refractivity contribution in [2.45, 2.75) is 13.3 Å². The van der Waals surface area contributed by atoms with E-state index >= 15 is 0 Å². The molecule has 104 valence electrons. The minimum atomic E-state index is -0.606. The van der Waals surface area contributed by atoms with Crippen molar-refractivity contribution >= 4 is 23.8 Å². The van der Waals surface area contributed by atoms with Gasteiger partial charge in [-0.1, -0.05) is 19.1 Å². The molecule has 0 atom stereocenters. The molecule has 1 fully saturated rings. The van der Waals surface area contributed by atoms with Gasteiger partial charge in [-0.2, -0.15) is 5.10 Å². The maximum atomic E-state index is 11.3. The Balaban J connectivity index is 2.22. The fourth-order valence-electron chi connectivity index (χ4n) is 1.79. The van der Waals surface area contributed by atoms with Gasteiger partial charge in [0, 0.05) is 17.2 Å². The Morgan fingerprint density at radius 1 is 1.50 bits per heavy atom. The number of hydrazone groups is 1. The van der Waals surface area contributed by atoms with E-state index in [0.29, 0.717) is 17.5 Å². The first kappa shape index (κ1) is 13.7. The maximum absolute atomic E-state index is 11.3. The largest absolute Gasteiger partial charge is 0.344 e. The molecule has 0 radical (unpaired) electrons. The number of nitro benzene ring substituents is 1. The highest BCUT2D eigenvalue weighted by Crippen LogP contribution is 2.20. The molecule has 1 N–H and O–H groups in total. The lowest BCUT2D eigenvalue weighted by Gasteiger charge is -2.05. The highest BCUT2D eigenvalue weighted by Gasteiger charge is 2.25. The van der Waals surface area contributed by atoms with Crippen molar-refractivity contribution in [1.82, 2.24) is 10.3 Å². The molecule has 2 rings (SSSR count). The summed E-state index contributed by atoms with van der Waals surface area (Å²) in [6.45, 7) is 1.68. The van der Waals surface area contributed by atoms with Crippen molar-refractivity contribution in [3.63, 3.8) is 0 Å². The third kappa shape index (κ3) is 2.79. The number of carbonyl (C=O) groups is 2. The number of rotatable bonds is 4. The van der Waals surface area contributed by atoms with Crippen LogP contribution < -0.4 is 5.32 Å². The van der Waals surface area contributed by atoms with Crippen molar-refractivity contribution in [2.24, 2.45) is 5.10 Å². The summed E-state index contributed by atoms with van der Waals surface area (Å²) >= 11 is 0. The fraction of sp³-hybridized carbons (Fsp3) is 0.250. The van der Waals surface area contributed by atoms with Crippen LogP contribution in [0.3, 0.4) is 0 Å². The quantitative estimate of drug-likeness (QED) is 0.384. The minimum Gasteiger partial charge on any atom is -0.275 e. The lowest BCUT2D eigenvalue weighted by Crippen LogP contribution is -2.24. The Hall–Kier alpha value is -2.77. The Morgan fingerprint density at radius 3 is 2.80 bits per heavy atom. The monoisotopic (exact) mass is 276 g/mol. The van der Waals surface area contributed by atoms with E-state index in [2.05, 4.69) is 10.4 Å². The number of aryl methyl sites for hydroxylation is 1. The number of benzene rings is 1. The van der Waals surface area contributed by atoms with Gasteiger partial charge in [0.1, 0.15) is 6.54 Å². The lowest BCUT2D eigenvalue weighted by molar-refractivity contribution is -0.385. The number of nitrogens with one attached hydrogen (secondary N) is 1. The van der Waals surface area contributed by atoms with Gasteiger partial charge in [0.25, 0.3) is 5.69 Å². The topological polar surface area (TPSA) is 105 Å². The Kier molecular flexibility index (Phi) is 3.74. The zero-order chi connectivity index (χ0) is 14.7. The average Bonchev–Trinajstić information content (AvgIpc) is 2.74. The van der Waals surface area contributed by atoms with E-state index in [4.69, 9.17) is 0 Å². The smallest absolute Gasteiger partial charge is 0.275 e. The van der Waals surface area contributed by atoms with Gasteiger partial charge in [0.15, 0.2) is 0 Å². The number of carbonyl (C=O) groups excluding carboxylic acids is 2. The predicted octanol–water partition coefficient (Wildman–Crippen LogP) is 1.04. The fourth-order valence-corrected chi connectivity index (χ4v) is 1.79. The van der Waals surface area contributed by atoms with E-state index < -0.39 is 16.9 Å². The Bertz CT molecular complexity index is 611. The number of urea groups is 1. The third-order valence-electron chi connectivity index (χ3n) is 2.81. The molecule has 0 unspecified atom stereocenters. The molecule has 3 amide bonds. The molecule has 8 nitrogen and oxygen atoms in total. The summed E-state index contributed by atoms with van der Waals surface area (Å²) < 4.78 is 0. The van der Waals surface area contributed by atoms with Crippen LogP contribution in [0.4, 0.5) is 10.5 Å². The van der Waals surface area contributed by atoms with Crippen molar-refractivity contribution in [2.75, 3.05) is 6.54 Å². The molecule has 0 bridgehead atoms. The zero-order valence-corrected chi connectivity index (χ0v) is 10.7. The highest BCUT2D eigenvalue weighted by molar-refractivity contribution is 6.02. The normalized spacial score (nSPS) is 14.9. The molecule has 1 aliphatic heterocycles. The van der Waals surface area contributed by atoms with Crippen molar-refractivity contribution in [3.8, 4) is 0 Å². The SMILES string of the molecule is CCc1ccc(/C=N\N2CC(=O)NC2=O)cc1[N+](=O)[O-]. The Morgan fingerprint density at radius 2 is 2.25 bits per heavy atom. The zero-order valence-electron chi connectivity index (χ0n) is 10.7. The van der Waals surface area contributed by atoms with Gasteiger partial charge in [-0.3, -0.25) is 20.2 Å². The number of amides is 3. The third-order valence-corrected chi connectivity index (χ3v) is 2.81. The van der Waals surface area contributed by atoms with Crippen molar-refractivity contribution in [3.05, 3.63) is 39.4 Å². The van der Waals surface area contributed by atoms with Crippen LogP contribution in [0.25, 0.3) is 0 Å². The molecule has 20 heavy (non-hydrogen) atoms.